The van der Waals surface area contributed by atoms with E-state index in [0.717, 1.165) is 18.4 Å². The molecule has 0 fully saturated rings. The second-order valence-corrected chi connectivity index (χ2v) is 7.91. The first-order valence-electron chi connectivity index (χ1n) is 10.5. The molecule has 1 amide bonds. The van der Waals surface area contributed by atoms with Gasteiger partial charge in [-0.15, -0.1) is 0 Å². The van der Waals surface area contributed by atoms with Gasteiger partial charge in [-0.25, -0.2) is 0 Å². The standard InChI is InChI=1S/C24H32N2O4S/c1-5-13-29-21-11-10-18(15-22(21)28-4)16-25-24(31)26-23(27)19-8-6-7-9-20(19)30-14-12-17(2)3/h6-11,15,17H,5,12-14,16H2,1-4H3,(H2,25,26,27,31). The topological polar surface area (TPSA) is 68.8 Å². The molecule has 0 atom stereocenters. The summed E-state index contributed by atoms with van der Waals surface area (Å²) in [5.74, 6) is 2.14. The van der Waals surface area contributed by atoms with Gasteiger partial charge in [-0.2, -0.15) is 0 Å². The van der Waals surface area contributed by atoms with Gasteiger partial charge in [0.25, 0.3) is 5.91 Å². The number of rotatable bonds is 11. The number of amides is 1. The van der Waals surface area contributed by atoms with Gasteiger partial charge >= 0.3 is 0 Å². The molecule has 0 radical (unpaired) electrons. The molecule has 0 aliphatic carbocycles. The van der Waals surface area contributed by atoms with Crippen molar-refractivity contribution in [3.63, 3.8) is 0 Å². The van der Waals surface area contributed by atoms with Crippen LogP contribution in [0, 0.1) is 5.92 Å². The lowest BCUT2D eigenvalue weighted by Gasteiger charge is -2.14. The number of thiocarbonyl (C=S) groups is 1. The lowest BCUT2D eigenvalue weighted by molar-refractivity contribution is 0.0972. The third-order valence-corrected chi connectivity index (χ3v) is 4.70. The first-order valence-corrected chi connectivity index (χ1v) is 11.0. The Morgan fingerprint density at radius 1 is 1.03 bits per heavy atom. The average Bonchev–Trinajstić information content (AvgIpc) is 2.76. The van der Waals surface area contributed by atoms with Crippen molar-refractivity contribution in [1.82, 2.24) is 10.6 Å². The van der Waals surface area contributed by atoms with Crippen LogP contribution in [-0.4, -0.2) is 31.3 Å². The van der Waals surface area contributed by atoms with Gasteiger partial charge in [0.15, 0.2) is 16.6 Å². The number of nitrogens with one attached hydrogen (secondary N) is 2. The van der Waals surface area contributed by atoms with Crippen molar-refractivity contribution >= 4 is 23.2 Å². The number of ether oxygens (including phenoxy) is 3. The zero-order valence-electron chi connectivity index (χ0n) is 18.7. The zero-order chi connectivity index (χ0) is 22.6. The van der Waals surface area contributed by atoms with Gasteiger partial charge < -0.3 is 19.5 Å². The molecule has 0 unspecified atom stereocenters. The first kappa shape index (κ1) is 24.5. The summed E-state index contributed by atoms with van der Waals surface area (Å²) in [6, 6.07) is 12.9. The van der Waals surface area contributed by atoms with Crippen molar-refractivity contribution in [3.8, 4) is 17.2 Å². The van der Waals surface area contributed by atoms with Gasteiger partial charge in [0, 0.05) is 6.54 Å². The summed E-state index contributed by atoms with van der Waals surface area (Å²) in [6.07, 6.45) is 1.84. The van der Waals surface area contributed by atoms with E-state index in [2.05, 4.69) is 31.4 Å². The predicted octanol–water partition coefficient (Wildman–Crippen LogP) is 4.71. The Kier molecular flexibility index (Phi) is 10.1. The minimum Gasteiger partial charge on any atom is -0.493 e. The summed E-state index contributed by atoms with van der Waals surface area (Å²) in [6.45, 7) is 7.95. The first-order chi connectivity index (χ1) is 14.9. The van der Waals surface area contributed by atoms with Crippen LogP contribution in [0.2, 0.25) is 0 Å². The van der Waals surface area contributed by atoms with Gasteiger partial charge in [0.05, 0.1) is 25.9 Å². The SMILES string of the molecule is CCCOc1ccc(CNC(=S)NC(=O)c2ccccc2OCCC(C)C)cc1OC. The van der Waals surface area contributed by atoms with E-state index in [-0.39, 0.29) is 11.0 Å². The molecule has 6 nitrogen and oxygen atoms in total. The zero-order valence-corrected chi connectivity index (χ0v) is 19.5. The molecule has 2 N–H and O–H groups in total. The van der Waals surface area contributed by atoms with Crippen LogP contribution in [0.5, 0.6) is 17.2 Å². The fourth-order valence-electron chi connectivity index (χ4n) is 2.73. The highest BCUT2D eigenvalue weighted by Crippen LogP contribution is 2.28. The van der Waals surface area contributed by atoms with E-state index >= 15 is 0 Å². The maximum absolute atomic E-state index is 12.7. The summed E-state index contributed by atoms with van der Waals surface area (Å²) in [5, 5.41) is 6.02. The molecule has 0 aliphatic heterocycles. The van der Waals surface area contributed by atoms with E-state index in [4.69, 9.17) is 26.4 Å². The van der Waals surface area contributed by atoms with Crippen LogP contribution in [0.3, 0.4) is 0 Å². The molecular formula is C24H32N2O4S. The minimum atomic E-state index is -0.307. The molecule has 31 heavy (non-hydrogen) atoms. The van der Waals surface area contributed by atoms with Crippen molar-refractivity contribution < 1.29 is 19.0 Å². The van der Waals surface area contributed by atoms with E-state index in [9.17, 15) is 4.79 Å². The Morgan fingerprint density at radius 3 is 2.48 bits per heavy atom. The van der Waals surface area contributed by atoms with Crippen LogP contribution in [0.1, 0.15) is 49.5 Å². The normalized spacial score (nSPS) is 10.5. The van der Waals surface area contributed by atoms with Crippen LogP contribution in [0.25, 0.3) is 0 Å². The Labute approximate surface area is 190 Å². The van der Waals surface area contributed by atoms with Crippen molar-refractivity contribution in [2.75, 3.05) is 20.3 Å². The van der Waals surface area contributed by atoms with Crippen LogP contribution in [0.15, 0.2) is 42.5 Å². The van der Waals surface area contributed by atoms with E-state index in [1.54, 1.807) is 25.3 Å². The molecule has 0 aromatic heterocycles. The van der Waals surface area contributed by atoms with Crippen LogP contribution in [0.4, 0.5) is 0 Å². The molecule has 0 saturated carbocycles. The van der Waals surface area contributed by atoms with Gasteiger partial charge in [-0.1, -0.05) is 39.0 Å². The molecule has 2 aromatic carbocycles. The largest absolute Gasteiger partial charge is 0.493 e. The molecule has 0 aliphatic rings. The second-order valence-electron chi connectivity index (χ2n) is 7.50. The number of para-hydroxylation sites is 1. The van der Waals surface area contributed by atoms with E-state index < -0.39 is 0 Å². The fourth-order valence-corrected chi connectivity index (χ4v) is 2.90. The monoisotopic (exact) mass is 444 g/mol. The third kappa shape index (κ3) is 8.09. The predicted molar refractivity (Wildman–Crippen MR) is 127 cm³/mol. The summed E-state index contributed by atoms with van der Waals surface area (Å²) in [4.78, 5) is 12.7. The smallest absolute Gasteiger partial charge is 0.261 e. The van der Waals surface area contributed by atoms with E-state index in [1.807, 2.05) is 24.3 Å². The summed E-state index contributed by atoms with van der Waals surface area (Å²) in [5.41, 5.74) is 1.41. The maximum atomic E-state index is 12.7. The van der Waals surface area contributed by atoms with Crippen molar-refractivity contribution in [1.29, 1.82) is 0 Å². The van der Waals surface area contributed by atoms with Crippen LogP contribution >= 0.6 is 12.2 Å². The summed E-state index contributed by atoms with van der Waals surface area (Å²) >= 11 is 5.30. The maximum Gasteiger partial charge on any atom is 0.261 e. The molecule has 0 heterocycles. The number of hydrogen-bond acceptors (Lipinski definition) is 5. The molecule has 0 spiro atoms. The lowest BCUT2D eigenvalue weighted by atomic mass is 10.1. The Hall–Kier alpha value is -2.80. The molecule has 0 saturated heterocycles. The van der Waals surface area contributed by atoms with E-state index in [0.29, 0.717) is 48.5 Å². The second kappa shape index (κ2) is 12.8. The molecular weight excluding hydrogens is 412 g/mol. The number of methoxy groups -OCH3 is 1. The summed E-state index contributed by atoms with van der Waals surface area (Å²) in [7, 11) is 1.61. The third-order valence-electron chi connectivity index (χ3n) is 4.45. The van der Waals surface area contributed by atoms with Crippen molar-refractivity contribution in [3.05, 3.63) is 53.6 Å². The van der Waals surface area contributed by atoms with Gasteiger partial charge in [0.1, 0.15) is 5.75 Å². The van der Waals surface area contributed by atoms with Gasteiger partial charge in [-0.05, 0) is 60.8 Å². The Bertz CT molecular complexity index is 870. The Morgan fingerprint density at radius 2 is 1.77 bits per heavy atom. The highest BCUT2D eigenvalue weighted by Gasteiger charge is 2.14. The lowest BCUT2D eigenvalue weighted by Crippen LogP contribution is -2.39. The number of benzene rings is 2. The van der Waals surface area contributed by atoms with E-state index in [1.165, 1.54) is 0 Å². The van der Waals surface area contributed by atoms with Crippen molar-refractivity contribution in [2.45, 2.75) is 40.2 Å². The van der Waals surface area contributed by atoms with Crippen LogP contribution < -0.4 is 24.8 Å². The highest BCUT2D eigenvalue weighted by atomic mass is 32.1. The number of carbonyl (C=O) groups excluding carboxylic acids is 1. The minimum absolute atomic E-state index is 0.243. The van der Waals surface area contributed by atoms with Crippen molar-refractivity contribution in [2.24, 2.45) is 5.92 Å². The number of carbonyl (C=O) groups is 1. The highest BCUT2D eigenvalue weighted by molar-refractivity contribution is 7.80. The number of hydrogen-bond donors (Lipinski definition) is 2. The Balaban J connectivity index is 1.92. The average molecular weight is 445 g/mol. The van der Waals surface area contributed by atoms with Crippen LogP contribution in [-0.2, 0) is 6.54 Å². The molecule has 2 rings (SSSR count). The molecule has 2 aromatic rings. The molecule has 0 bridgehead atoms. The van der Waals surface area contributed by atoms with Gasteiger partial charge in [-0.3, -0.25) is 10.1 Å². The molecule has 7 heteroatoms. The van der Waals surface area contributed by atoms with Gasteiger partial charge in [0.2, 0.25) is 0 Å². The fraction of sp³-hybridized carbons (Fsp3) is 0.417. The quantitative estimate of drug-likeness (QED) is 0.489. The molecule has 168 valence electrons. The summed E-state index contributed by atoms with van der Waals surface area (Å²) < 4.78 is 16.9.